The molecule has 0 atom stereocenters. The summed E-state index contributed by atoms with van der Waals surface area (Å²) in [5, 5.41) is 3.04. The molecule has 5 heteroatoms. The number of nitrogens with one attached hydrogen (secondary N) is 1. The summed E-state index contributed by atoms with van der Waals surface area (Å²) in [5.41, 5.74) is 1.79. The fourth-order valence-corrected chi connectivity index (χ4v) is 2.50. The van der Waals surface area contributed by atoms with Gasteiger partial charge in [0.15, 0.2) is 0 Å². The summed E-state index contributed by atoms with van der Waals surface area (Å²) in [6, 6.07) is 15.4. The van der Waals surface area contributed by atoms with Crippen molar-refractivity contribution in [3.8, 4) is 11.5 Å². The largest absolute Gasteiger partial charge is 0.497 e. The zero-order valence-corrected chi connectivity index (χ0v) is 16.2. The van der Waals surface area contributed by atoms with Crippen molar-refractivity contribution in [3.63, 3.8) is 0 Å². The Hall–Kier alpha value is -2.69. The van der Waals surface area contributed by atoms with Gasteiger partial charge in [0.2, 0.25) is 0 Å². The van der Waals surface area contributed by atoms with Gasteiger partial charge in [-0.2, -0.15) is 0 Å². The number of hydrogen-bond donors (Lipinski definition) is 1. The maximum atomic E-state index is 12.8. The molecule has 0 saturated heterocycles. The predicted octanol–water partition coefficient (Wildman–Crippen LogP) is 4.21. The second kappa shape index (κ2) is 8.61. The molecular weight excluding hydrogens is 328 g/mol. The summed E-state index contributed by atoms with van der Waals surface area (Å²) in [5.74, 6) is 1.60. The van der Waals surface area contributed by atoms with Crippen LogP contribution >= 0.6 is 0 Å². The minimum Gasteiger partial charge on any atom is -0.497 e. The lowest BCUT2D eigenvalue weighted by molar-refractivity contribution is 0.183. The van der Waals surface area contributed by atoms with Crippen molar-refractivity contribution < 1.29 is 14.3 Å². The number of nitrogens with zero attached hydrogens (tertiary/aromatic N) is 1. The van der Waals surface area contributed by atoms with Crippen LogP contribution in [0, 0.1) is 0 Å². The molecule has 2 aromatic rings. The van der Waals surface area contributed by atoms with Crippen molar-refractivity contribution in [1.29, 1.82) is 0 Å². The molecule has 0 fully saturated rings. The summed E-state index contributed by atoms with van der Waals surface area (Å²) in [6.07, 6.45) is 0. The van der Waals surface area contributed by atoms with Gasteiger partial charge in [-0.1, -0.05) is 24.3 Å². The lowest BCUT2D eigenvalue weighted by atomic mass is 10.1. The fraction of sp³-hybridized carbons (Fsp3) is 0.381. The van der Waals surface area contributed by atoms with Gasteiger partial charge in [0.25, 0.3) is 0 Å². The number of carbonyl (C=O) groups is 1. The quantitative estimate of drug-likeness (QED) is 0.843. The standard InChI is InChI=1S/C21H28N2O3/c1-21(2,3)22-20(24)23(14-16-6-10-18(25-4)11-7-16)15-17-8-12-19(26-5)13-9-17/h6-13H,14-15H2,1-5H3,(H,22,24). The van der Waals surface area contributed by atoms with E-state index in [1.54, 1.807) is 19.1 Å². The van der Waals surface area contributed by atoms with E-state index in [2.05, 4.69) is 5.32 Å². The van der Waals surface area contributed by atoms with Crippen molar-refractivity contribution in [3.05, 3.63) is 59.7 Å². The van der Waals surface area contributed by atoms with E-state index in [-0.39, 0.29) is 11.6 Å². The second-order valence-electron chi connectivity index (χ2n) is 7.23. The lowest BCUT2D eigenvalue weighted by Crippen LogP contribution is -2.47. The van der Waals surface area contributed by atoms with Crippen molar-refractivity contribution in [1.82, 2.24) is 10.2 Å². The summed E-state index contributed by atoms with van der Waals surface area (Å²) in [7, 11) is 3.28. The van der Waals surface area contributed by atoms with E-state index in [0.29, 0.717) is 13.1 Å². The van der Waals surface area contributed by atoms with Crippen LogP contribution in [0.5, 0.6) is 11.5 Å². The Morgan fingerprint density at radius 1 is 0.846 bits per heavy atom. The van der Waals surface area contributed by atoms with Crippen molar-refractivity contribution >= 4 is 6.03 Å². The number of hydrogen-bond acceptors (Lipinski definition) is 3. The van der Waals surface area contributed by atoms with Crippen LogP contribution in [0.15, 0.2) is 48.5 Å². The number of amides is 2. The highest BCUT2D eigenvalue weighted by molar-refractivity contribution is 5.75. The van der Waals surface area contributed by atoms with E-state index in [4.69, 9.17) is 9.47 Å². The molecule has 5 nitrogen and oxygen atoms in total. The average molecular weight is 356 g/mol. The molecule has 26 heavy (non-hydrogen) atoms. The smallest absolute Gasteiger partial charge is 0.318 e. The first-order valence-electron chi connectivity index (χ1n) is 8.63. The van der Waals surface area contributed by atoms with Crippen molar-refractivity contribution in [2.45, 2.75) is 39.4 Å². The molecule has 0 saturated carbocycles. The Bertz CT molecular complexity index is 654. The van der Waals surface area contributed by atoms with E-state index in [0.717, 1.165) is 22.6 Å². The highest BCUT2D eigenvalue weighted by Gasteiger charge is 2.20. The Kier molecular flexibility index (Phi) is 6.50. The highest BCUT2D eigenvalue weighted by atomic mass is 16.5. The van der Waals surface area contributed by atoms with E-state index in [1.165, 1.54) is 0 Å². The molecule has 0 aliphatic heterocycles. The van der Waals surface area contributed by atoms with Crippen molar-refractivity contribution in [2.24, 2.45) is 0 Å². The number of urea groups is 1. The number of rotatable bonds is 6. The normalized spacial score (nSPS) is 11.0. The van der Waals surface area contributed by atoms with Gasteiger partial charge in [-0.25, -0.2) is 4.79 Å². The van der Waals surface area contributed by atoms with Gasteiger partial charge in [-0.15, -0.1) is 0 Å². The van der Waals surface area contributed by atoms with Crippen LogP contribution in [0.3, 0.4) is 0 Å². The molecule has 0 aliphatic carbocycles. The van der Waals surface area contributed by atoms with Gasteiger partial charge in [0.05, 0.1) is 14.2 Å². The van der Waals surface area contributed by atoms with Gasteiger partial charge < -0.3 is 19.7 Å². The van der Waals surface area contributed by atoms with E-state index in [1.807, 2.05) is 69.3 Å². The van der Waals surface area contributed by atoms with Crippen LogP contribution in [0.2, 0.25) is 0 Å². The third kappa shape index (κ3) is 5.99. The van der Waals surface area contributed by atoms with Crippen LogP contribution in [0.25, 0.3) is 0 Å². The molecule has 0 aliphatic rings. The Morgan fingerprint density at radius 2 is 1.23 bits per heavy atom. The number of benzene rings is 2. The summed E-state index contributed by atoms with van der Waals surface area (Å²) >= 11 is 0. The molecule has 0 radical (unpaired) electrons. The number of methoxy groups -OCH3 is 2. The molecule has 0 bridgehead atoms. The number of carbonyl (C=O) groups excluding carboxylic acids is 1. The van der Waals surface area contributed by atoms with Gasteiger partial charge in [-0.05, 0) is 56.2 Å². The second-order valence-corrected chi connectivity index (χ2v) is 7.23. The third-order valence-corrected chi connectivity index (χ3v) is 3.83. The van der Waals surface area contributed by atoms with Crippen LogP contribution in [-0.4, -0.2) is 30.7 Å². The van der Waals surface area contributed by atoms with Crippen LogP contribution < -0.4 is 14.8 Å². The first kappa shape index (κ1) is 19.6. The Morgan fingerprint density at radius 3 is 1.54 bits per heavy atom. The first-order valence-corrected chi connectivity index (χ1v) is 8.63. The van der Waals surface area contributed by atoms with Gasteiger partial charge in [0, 0.05) is 18.6 Å². The zero-order chi connectivity index (χ0) is 19.2. The third-order valence-electron chi connectivity index (χ3n) is 3.83. The fourth-order valence-electron chi connectivity index (χ4n) is 2.50. The van der Waals surface area contributed by atoms with Gasteiger partial charge in [0.1, 0.15) is 11.5 Å². The predicted molar refractivity (Wildman–Crippen MR) is 104 cm³/mol. The minimum absolute atomic E-state index is 0.0934. The zero-order valence-electron chi connectivity index (χ0n) is 16.2. The topological polar surface area (TPSA) is 50.8 Å². The highest BCUT2D eigenvalue weighted by Crippen LogP contribution is 2.17. The molecular formula is C21H28N2O3. The van der Waals surface area contributed by atoms with Crippen LogP contribution in [-0.2, 0) is 13.1 Å². The maximum Gasteiger partial charge on any atom is 0.318 e. The Labute approximate surface area is 155 Å². The first-order chi connectivity index (χ1) is 12.3. The van der Waals surface area contributed by atoms with Crippen LogP contribution in [0.1, 0.15) is 31.9 Å². The van der Waals surface area contributed by atoms with Crippen molar-refractivity contribution in [2.75, 3.05) is 14.2 Å². The van der Waals surface area contributed by atoms with E-state index >= 15 is 0 Å². The molecule has 0 aromatic heterocycles. The SMILES string of the molecule is COc1ccc(CN(Cc2ccc(OC)cc2)C(=O)NC(C)(C)C)cc1. The summed E-state index contributed by atoms with van der Waals surface area (Å²) in [4.78, 5) is 14.6. The summed E-state index contributed by atoms with van der Waals surface area (Å²) in [6.45, 7) is 6.95. The maximum absolute atomic E-state index is 12.8. The molecule has 2 aromatic carbocycles. The Balaban J connectivity index is 2.17. The van der Waals surface area contributed by atoms with E-state index in [9.17, 15) is 4.79 Å². The van der Waals surface area contributed by atoms with Gasteiger partial charge >= 0.3 is 6.03 Å². The molecule has 140 valence electrons. The lowest BCUT2D eigenvalue weighted by Gasteiger charge is -2.29. The number of ether oxygens (including phenoxy) is 2. The van der Waals surface area contributed by atoms with Crippen LogP contribution in [0.4, 0.5) is 4.79 Å². The molecule has 2 amide bonds. The molecule has 0 spiro atoms. The average Bonchev–Trinajstić information content (AvgIpc) is 2.61. The molecule has 0 heterocycles. The molecule has 1 N–H and O–H groups in total. The molecule has 2 rings (SSSR count). The van der Waals surface area contributed by atoms with Gasteiger partial charge in [-0.3, -0.25) is 0 Å². The monoisotopic (exact) mass is 356 g/mol. The van der Waals surface area contributed by atoms with E-state index < -0.39 is 0 Å². The molecule has 0 unspecified atom stereocenters. The minimum atomic E-state index is -0.296. The summed E-state index contributed by atoms with van der Waals surface area (Å²) < 4.78 is 10.4.